The first-order valence-corrected chi connectivity index (χ1v) is 7.93. The van der Waals surface area contributed by atoms with Crippen LogP contribution in [0.15, 0.2) is 0 Å². The lowest BCUT2D eigenvalue weighted by Gasteiger charge is -2.32. The maximum Gasteiger partial charge on any atom is 0.242 e. The van der Waals surface area contributed by atoms with E-state index in [0.717, 1.165) is 32.5 Å². The number of rotatable bonds is 4. The van der Waals surface area contributed by atoms with Crippen LogP contribution in [0.3, 0.4) is 0 Å². The number of carbonyl (C=O) groups is 2. The minimum Gasteiger partial charge on any atom is -0.347 e. The molecule has 1 saturated heterocycles. The number of nitrogens with zero attached hydrogens (tertiary/aromatic N) is 1. The summed E-state index contributed by atoms with van der Waals surface area (Å²) < 4.78 is 0. The first-order chi connectivity index (χ1) is 9.65. The van der Waals surface area contributed by atoms with E-state index < -0.39 is 0 Å². The minimum atomic E-state index is 0. The molecule has 0 aromatic rings. The normalized spacial score (nSPS) is 23.3. The summed E-state index contributed by atoms with van der Waals surface area (Å²) in [6.45, 7) is 4.53. The number of amides is 2. The molecule has 21 heavy (non-hydrogen) atoms. The van der Waals surface area contributed by atoms with Crippen molar-refractivity contribution in [3.8, 4) is 0 Å². The van der Waals surface area contributed by atoms with Crippen molar-refractivity contribution >= 4 is 24.2 Å². The molecule has 2 aliphatic rings. The number of halogens is 1. The third kappa shape index (κ3) is 6.22. The molecular formula is C15H28ClN3O2. The zero-order valence-corrected chi connectivity index (χ0v) is 13.7. The van der Waals surface area contributed by atoms with E-state index in [2.05, 4.69) is 17.6 Å². The Kier molecular flexibility index (Phi) is 8.04. The molecule has 0 spiro atoms. The molecule has 1 heterocycles. The summed E-state index contributed by atoms with van der Waals surface area (Å²) in [6.07, 6.45) is 6.71. The van der Waals surface area contributed by atoms with E-state index in [-0.39, 0.29) is 30.8 Å². The van der Waals surface area contributed by atoms with Gasteiger partial charge in [-0.2, -0.15) is 0 Å². The van der Waals surface area contributed by atoms with Gasteiger partial charge < -0.3 is 15.5 Å². The molecule has 6 heteroatoms. The Labute approximate surface area is 133 Å². The predicted molar refractivity (Wildman–Crippen MR) is 85.5 cm³/mol. The van der Waals surface area contributed by atoms with E-state index in [1.54, 1.807) is 0 Å². The number of piperazine rings is 1. The third-order valence-electron chi connectivity index (χ3n) is 4.36. The van der Waals surface area contributed by atoms with Crippen LogP contribution in [0.25, 0.3) is 0 Å². The van der Waals surface area contributed by atoms with Crippen molar-refractivity contribution in [2.24, 2.45) is 5.92 Å². The fraction of sp³-hybridized carbons (Fsp3) is 0.867. The van der Waals surface area contributed by atoms with Gasteiger partial charge in [-0.3, -0.25) is 9.59 Å². The van der Waals surface area contributed by atoms with E-state index in [1.807, 2.05) is 4.90 Å². The van der Waals surface area contributed by atoms with Crippen molar-refractivity contribution in [1.29, 1.82) is 0 Å². The molecule has 1 aliphatic heterocycles. The summed E-state index contributed by atoms with van der Waals surface area (Å²) in [5.74, 6) is 0.599. The molecule has 0 aromatic heterocycles. The molecule has 122 valence electrons. The van der Waals surface area contributed by atoms with Gasteiger partial charge >= 0.3 is 0 Å². The van der Waals surface area contributed by atoms with Crippen molar-refractivity contribution in [3.63, 3.8) is 0 Å². The van der Waals surface area contributed by atoms with Gasteiger partial charge in [0.15, 0.2) is 0 Å². The van der Waals surface area contributed by atoms with Gasteiger partial charge in [-0.15, -0.1) is 12.4 Å². The third-order valence-corrected chi connectivity index (χ3v) is 4.36. The zero-order valence-electron chi connectivity index (χ0n) is 12.9. The Bertz CT molecular complexity index is 346. The average Bonchev–Trinajstić information content (AvgIpc) is 2.46. The number of hydrogen-bond donors (Lipinski definition) is 2. The highest BCUT2D eigenvalue weighted by Crippen LogP contribution is 2.25. The maximum absolute atomic E-state index is 12.0. The molecule has 2 fully saturated rings. The van der Waals surface area contributed by atoms with Crippen LogP contribution in [0.5, 0.6) is 0 Å². The summed E-state index contributed by atoms with van der Waals surface area (Å²) in [5, 5.41) is 6.10. The van der Waals surface area contributed by atoms with Crippen molar-refractivity contribution < 1.29 is 9.59 Å². The van der Waals surface area contributed by atoms with Gasteiger partial charge in [0, 0.05) is 32.1 Å². The lowest BCUT2D eigenvalue weighted by atomic mass is 9.87. The van der Waals surface area contributed by atoms with Gasteiger partial charge in [-0.1, -0.05) is 19.3 Å². The Morgan fingerprint density at radius 2 is 1.95 bits per heavy atom. The highest BCUT2D eigenvalue weighted by Gasteiger charge is 2.21. The fourth-order valence-electron chi connectivity index (χ4n) is 3.17. The number of carbonyl (C=O) groups excluding carboxylic acids is 2. The van der Waals surface area contributed by atoms with Gasteiger partial charge in [0.25, 0.3) is 0 Å². The van der Waals surface area contributed by atoms with Crippen molar-refractivity contribution in [2.75, 3.05) is 26.2 Å². The van der Waals surface area contributed by atoms with Crippen LogP contribution in [0.1, 0.15) is 45.4 Å². The fourth-order valence-corrected chi connectivity index (χ4v) is 3.17. The lowest BCUT2D eigenvalue weighted by molar-refractivity contribution is -0.134. The molecule has 5 nitrogen and oxygen atoms in total. The van der Waals surface area contributed by atoms with Crippen LogP contribution in [0.4, 0.5) is 0 Å². The van der Waals surface area contributed by atoms with Gasteiger partial charge in [0.05, 0.1) is 6.54 Å². The first-order valence-electron chi connectivity index (χ1n) is 7.93. The number of nitrogens with one attached hydrogen (secondary N) is 2. The van der Waals surface area contributed by atoms with Crippen LogP contribution >= 0.6 is 12.4 Å². The molecule has 0 bridgehead atoms. The van der Waals surface area contributed by atoms with Crippen molar-refractivity contribution in [1.82, 2.24) is 15.5 Å². The van der Waals surface area contributed by atoms with Crippen LogP contribution < -0.4 is 10.6 Å². The molecule has 1 saturated carbocycles. The molecule has 0 radical (unpaired) electrons. The lowest BCUT2D eigenvalue weighted by Crippen LogP contribution is -2.53. The second kappa shape index (κ2) is 9.26. The summed E-state index contributed by atoms with van der Waals surface area (Å²) in [7, 11) is 0. The largest absolute Gasteiger partial charge is 0.347 e. The molecule has 0 aromatic carbocycles. The summed E-state index contributed by atoms with van der Waals surface area (Å²) in [5.41, 5.74) is 0. The molecule has 1 atom stereocenters. The smallest absolute Gasteiger partial charge is 0.242 e. The van der Waals surface area contributed by atoms with E-state index in [0.29, 0.717) is 18.4 Å². The van der Waals surface area contributed by atoms with Gasteiger partial charge in [0.2, 0.25) is 11.8 Å². The standard InChI is InChI=1S/C15H27N3O2.ClH/c1-12-11-18(8-7-16-12)15(20)10-17-14(19)9-13-5-3-2-4-6-13;/h12-13,16H,2-11H2,1H3,(H,17,19);1H. The maximum atomic E-state index is 12.0. The minimum absolute atomic E-state index is 0. The Hall–Kier alpha value is -0.810. The molecule has 1 unspecified atom stereocenters. The topological polar surface area (TPSA) is 61.4 Å². The van der Waals surface area contributed by atoms with Crippen LogP contribution in [0, 0.1) is 5.92 Å². The van der Waals surface area contributed by atoms with Gasteiger partial charge in [0.1, 0.15) is 0 Å². The first kappa shape index (κ1) is 18.2. The van der Waals surface area contributed by atoms with Crippen LogP contribution in [0.2, 0.25) is 0 Å². The monoisotopic (exact) mass is 317 g/mol. The molecule has 2 rings (SSSR count). The van der Waals surface area contributed by atoms with Gasteiger partial charge in [-0.25, -0.2) is 0 Å². The second-order valence-electron chi connectivity index (χ2n) is 6.18. The van der Waals surface area contributed by atoms with Crippen LogP contribution in [-0.4, -0.2) is 48.9 Å². The average molecular weight is 318 g/mol. The van der Waals surface area contributed by atoms with Crippen LogP contribution in [-0.2, 0) is 9.59 Å². The summed E-state index contributed by atoms with van der Waals surface area (Å²) >= 11 is 0. The van der Waals surface area contributed by atoms with Gasteiger partial charge in [-0.05, 0) is 25.7 Å². The van der Waals surface area contributed by atoms with E-state index in [4.69, 9.17) is 0 Å². The Balaban J connectivity index is 0.00000220. The zero-order chi connectivity index (χ0) is 14.4. The predicted octanol–water partition coefficient (Wildman–Crippen LogP) is 1.32. The molecule has 2 amide bonds. The van der Waals surface area contributed by atoms with Crippen molar-refractivity contribution in [3.05, 3.63) is 0 Å². The van der Waals surface area contributed by atoms with Crippen molar-refractivity contribution in [2.45, 2.75) is 51.5 Å². The van der Waals surface area contributed by atoms with E-state index >= 15 is 0 Å². The highest BCUT2D eigenvalue weighted by atomic mass is 35.5. The SMILES string of the molecule is CC1CN(C(=O)CNC(=O)CC2CCCCC2)CCN1.Cl. The summed E-state index contributed by atoms with van der Waals surface area (Å²) in [6, 6.07) is 0.339. The van der Waals surface area contributed by atoms with E-state index in [1.165, 1.54) is 19.3 Å². The molecule has 1 aliphatic carbocycles. The second-order valence-corrected chi connectivity index (χ2v) is 6.18. The highest BCUT2D eigenvalue weighted by molar-refractivity contribution is 5.85. The van der Waals surface area contributed by atoms with E-state index in [9.17, 15) is 9.59 Å². The quantitative estimate of drug-likeness (QED) is 0.822. The Morgan fingerprint density at radius 3 is 2.62 bits per heavy atom. The Morgan fingerprint density at radius 1 is 1.24 bits per heavy atom. The molecular weight excluding hydrogens is 290 g/mol. The molecule has 2 N–H and O–H groups in total. The number of hydrogen-bond acceptors (Lipinski definition) is 3. The summed E-state index contributed by atoms with van der Waals surface area (Å²) in [4.78, 5) is 25.7.